The van der Waals surface area contributed by atoms with Crippen molar-refractivity contribution < 1.29 is 27.4 Å². The highest BCUT2D eigenvalue weighted by atomic mass is 32.2. The van der Waals surface area contributed by atoms with Crippen LogP contribution in [0, 0.1) is 18.3 Å². The molecule has 1 amide bonds. The SMILES string of the molecule is COc1cc(C#N)ccc1Oc1nc(C(F)(F)F)nc(C)c1C(=O)Nc1cccc(SC)c1. The number of anilines is 1. The zero-order chi connectivity index (χ0) is 24.2. The first-order valence-electron chi connectivity index (χ1n) is 9.33. The number of ether oxygens (including phenoxy) is 2. The molecular weight excluding hydrogens is 457 g/mol. The Morgan fingerprint density at radius 2 is 1.91 bits per heavy atom. The number of hydrogen-bond donors (Lipinski definition) is 1. The van der Waals surface area contributed by atoms with E-state index in [1.165, 1.54) is 44.0 Å². The minimum absolute atomic E-state index is 0.0267. The van der Waals surface area contributed by atoms with Gasteiger partial charge in [-0.15, -0.1) is 11.8 Å². The summed E-state index contributed by atoms with van der Waals surface area (Å²) in [6.45, 7) is 1.26. The average Bonchev–Trinajstić information content (AvgIpc) is 2.78. The normalized spacial score (nSPS) is 10.9. The van der Waals surface area contributed by atoms with Gasteiger partial charge < -0.3 is 14.8 Å². The first-order valence-corrected chi connectivity index (χ1v) is 10.6. The molecule has 33 heavy (non-hydrogen) atoms. The Kier molecular flexibility index (Phi) is 7.08. The van der Waals surface area contributed by atoms with Gasteiger partial charge in [0.15, 0.2) is 11.5 Å². The number of amides is 1. The summed E-state index contributed by atoms with van der Waals surface area (Å²) in [5.74, 6) is -2.75. The second kappa shape index (κ2) is 9.79. The van der Waals surface area contributed by atoms with Crippen LogP contribution in [0.1, 0.15) is 27.4 Å². The molecular formula is C22H17F3N4O3S. The molecule has 1 N–H and O–H groups in total. The second-order valence-electron chi connectivity index (χ2n) is 6.58. The van der Waals surface area contributed by atoms with E-state index in [9.17, 15) is 18.0 Å². The number of rotatable bonds is 6. The van der Waals surface area contributed by atoms with Crippen molar-refractivity contribution in [2.24, 2.45) is 0 Å². The fraction of sp³-hybridized carbons (Fsp3) is 0.182. The first kappa shape index (κ1) is 23.9. The van der Waals surface area contributed by atoms with Gasteiger partial charge in [0.2, 0.25) is 11.7 Å². The molecule has 2 aromatic carbocycles. The summed E-state index contributed by atoms with van der Waals surface area (Å²) in [5.41, 5.74) is 0.191. The molecule has 11 heteroatoms. The molecule has 0 radical (unpaired) electrons. The van der Waals surface area contributed by atoms with Crippen LogP contribution in [0.25, 0.3) is 0 Å². The number of nitrogens with one attached hydrogen (secondary N) is 1. The van der Waals surface area contributed by atoms with Gasteiger partial charge in [-0.2, -0.15) is 23.4 Å². The van der Waals surface area contributed by atoms with E-state index >= 15 is 0 Å². The van der Waals surface area contributed by atoms with Gasteiger partial charge in [0, 0.05) is 16.6 Å². The molecule has 0 fully saturated rings. The maximum atomic E-state index is 13.3. The second-order valence-corrected chi connectivity index (χ2v) is 7.46. The maximum Gasteiger partial charge on any atom is 0.451 e. The molecule has 0 unspecified atom stereocenters. The zero-order valence-electron chi connectivity index (χ0n) is 17.6. The first-order chi connectivity index (χ1) is 15.7. The molecule has 0 bridgehead atoms. The van der Waals surface area contributed by atoms with Crippen LogP contribution in [0.5, 0.6) is 17.4 Å². The van der Waals surface area contributed by atoms with Crippen LogP contribution < -0.4 is 14.8 Å². The van der Waals surface area contributed by atoms with Crippen LogP contribution in [0.4, 0.5) is 18.9 Å². The lowest BCUT2D eigenvalue weighted by Crippen LogP contribution is -2.20. The van der Waals surface area contributed by atoms with Crippen LogP contribution in [-0.2, 0) is 6.18 Å². The number of benzene rings is 2. The van der Waals surface area contributed by atoms with E-state index in [4.69, 9.17) is 14.7 Å². The Morgan fingerprint density at radius 3 is 2.55 bits per heavy atom. The van der Waals surface area contributed by atoms with Crippen molar-refractivity contribution in [3.63, 3.8) is 0 Å². The predicted molar refractivity (Wildman–Crippen MR) is 116 cm³/mol. The minimum atomic E-state index is -4.86. The highest BCUT2D eigenvalue weighted by molar-refractivity contribution is 7.98. The topological polar surface area (TPSA) is 97.1 Å². The molecule has 0 aliphatic carbocycles. The van der Waals surface area contributed by atoms with E-state index in [1.807, 2.05) is 18.4 Å². The van der Waals surface area contributed by atoms with E-state index < -0.39 is 23.8 Å². The summed E-state index contributed by atoms with van der Waals surface area (Å²) in [5, 5.41) is 11.7. The average molecular weight is 474 g/mol. The van der Waals surface area contributed by atoms with E-state index in [2.05, 4.69) is 15.3 Å². The largest absolute Gasteiger partial charge is 0.493 e. The number of aromatic nitrogens is 2. The molecule has 7 nitrogen and oxygen atoms in total. The summed E-state index contributed by atoms with van der Waals surface area (Å²) < 4.78 is 50.8. The summed E-state index contributed by atoms with van der Waals surface area (Å²) >= 11 is 1.46. The van der Waals surface area contributed by atoms with Gasteiger partial charge in [0.05, 0.1) is 24.4 Å². The number of aryl methyl sites for hydroxylation is 1. The summed E-state index contributed by atoms with van der Waals surface area (Å²) in [6, 6.07) is 12.9. The van der Waals surface area contributed by atoms with Crippen LogP contribution >= 0.6 is 11.8 Å². The van der Waals surface area contributed by atoms with Crippen molar-refractivity contribution in [1.29, 1.82) is 5.26 Å². The predicted octanol–water partition coefficient (Wildman–Crippen LogP) is 5.45. The maximum absolute atomic E-state index is 13.3. The number of carbonyl (C=O) groups excluding carboxylic acids is 1. The van der Waals surface area contributed by atoms with Crippen molar-refractivity contribution in [3.05, 3.63) is 65.1 Å². The van der Waals surface area contributed by atoms with Gasteiger partial charge in [0.1, 0.15) is 5.56 Å². The molecule has 0 atom stereocenters. The van der Waals surface area contributed by atoms with Crippen LogP contribution in [0.3, 0.4) is 0 Å². The number of methoxy groups -OCH3 is 1. The molecule has 1 aromatic heterocycles. The van der Waals surface area contributed by atoms with Gasteiger partial charge in [-0.25, -0.2) is 4.98 Å². The smallest absolute Gasteiger partial charge is 0.451 e. The lowest BCUT2D eigenvalue weighted by Gasteiger charge is -2.16. The molecule has 3 aromatic rings. The van der Waals surface area contributed by atoms with Gasteiger partial charge in [-0.3, -0.25) is 4.79 Å². The fourth-order valence-corrected chi connectivity index (χ4v) is 3.29. The number of alkyl halides is 3. The van der Waals surface area contributed by atoms with Crippen LogP contribution in [0.15, 0.2) is 47.4 Å². The Bertz CT molecular complexity index is 1240. The van der Waals surface area contributed by atoms with Gasteiger partial charge in [-0.05, 0) is 43.5 Å². The molecule has 1 heterocycles. The lowest BCUT2D eigenvalue weighted by molar-refractivity contribution is -0.145. The highest BCUT2D eigenvalue weighted by Gasteiger charge is 2.37. The third kappa shape index (κ3) is 5.53. The number of hydrogen-bond acceptors (Lipinski definition) is 7. The van der Waals surface area contributed by atoms with Crippen molar-refractivity contribution in [1.82, 2.24) is 9.97 Å². The molecule has 0 saturated carbocycles. The minimum Gasteiger partial charge on any atom is -0.493 e. The van der Waals surface area contributed by atoms with E-state index in [1.54, 1.807) is 18.2 Å². The number of nitriles is 1. The third-order valence-electron chi connectivity index (χ3n) is 4.36. The number of halogens is 3. The van der Waals surface area contributed by atoms with E-state index in [0.717, 1.165) is 4.90 Å². The fourth-order valence-electron chi connectivity index (χ4n) is 2.83. The molecule has 170 valence electrons. The van der Waals surface area contributed by atoms with Crippen LogP contribution in [0.2, 0.25) is 0 Å². The molecule has 0 aliphatic rings. The van der Waals surface area contributed by atoms with Crippen LogP contribution in [-0.4, -0.2) is 29.2 Å². The van der Waals surface area contributed by atoms with Crippen molar-refractivity contribution >= 4 is 23.4 Å². The van der Waals surface area contributed by atoms with Gasteiger partial charge >= 0.3 is 6.18 Å². The Labute approximate surface area is 191 Å². The number of carbonyl (C=O) groups is 1. The molecule has 0 spiro atoms. The van der Waals surface area contributed by atoms with Crippen molar-refractivity contribution in [3.8, 4) is 23.4 Å². The quantitative estimate of drug-likeness (QED) is 0.475. The molecule has 0 aliphatic heterocycles. The highest BCUT2D eigenvalue weighted by Crippen LogP contribution is 2.36. The molecule has 3 rings (SSSR count). The zero-order valence-corrected chi connectivity index (χ0v) is 18.5. The Morgan fingerprint density at radius 1 is 1.15 bits per heavy atom. The van der Waals surface area contributed by atoms with E-state index in [0.29, 0.717) is 5.69 Å². The van der Waals surface area contributed by atoms with E-state index in [-0.39, 0.29) is 28.3 Å². The third-order valence-corrected chi connectivity index (χ3v) is 5.09. The standard InChI is InChI=1S/C22H17F3N4O3S/c1-12-18(19(30)28-14-5-4-6-15(10-14)33-3)20(29-21(27-12)22(23,24)25)32-16-8-7-13(11-26)9-17(16)31-2/h4-10H,1-3H3,(H,28,30). The number of thioether (sulfide) groups is 1. The van der Waals surface area contributed by atoms with Gasteiger partial charge in [-0.1, -0.05) is 6.07 Å². The number of nitrogens with zero attached hydrogens (tertiary/aromatic N) is 3. The monoisotopic (exact) mass is 474 g/mol. The van der Waals surface area contributed by atoms with Crippen molar-refractivity contribution in [2.45, 2.75) is 18.0 Å². The summed E-state index contributed by atoms with van der Waals surface area (Å²) in [7, 11) is 1.31. The Hall–Kier alpha value is -3.78. The summed E-state index contributed by atoms with van der Waals surface area (Å²) in [4.78, 5) is 20.8. The lowest BCUT2D eigenvalue weighted by atomic mass is 10.2. The van der Waals surface area contributed by atoms with Gasteiger partial charge in [0.25, 0.3) is 5.91 Å². The molecule has 0 saturated heterocycles. The van der Waals surface area contributed by atoms with Crippen molar-refractivity contribution in [2.75, 3.05) is 18.7 Å². The summed E-state index contributed by atoms with van der Waals surface area (Å²) in [6.07, 6.45) is -3.00. The Balaban J connectivity index is 2.08.